The molecule has 7 heteroatoms. The average molecular weight is 310 g/mol. The number of benzene rings is 1. The van der Waals surface area contributed by atoms with Crippen molar-refractivity contribution in [1.29, 1.82) is 0 Å². The van der Waals surface area contributed by atoms with Crippen LogP contribution >= 0.6 is 0 Å². The molecule has 0 radical (unpaired) electrons. The summed E-state index contributed by atoms with van der Waals surface area (Å²) in [6, 6.07) is 4.61. The van der Waals surface area contributed by atoms with Gasteiger partial charge in [-0.15, -0.1) is 0 Å². The van der Waals surface area contributed by atoms with Crippen molar-refractivity contribution in [2.45, 2.75) is 49.5 Å². The fourth-order valence-electron chi connectivity index (χ4n) is 2.75. The van der Waals surface area contributed by atoms with Crippen molar-refractivity contribution in [3.05, 3.63) is 23.8 Å². The Morgan fingerprint density at radius 1 is 1.29 bits per heavy atom. The number of sulfonamides is 1. The maximum atomic E-state index is 12.2. The maximum absolute atomic E-state index is 12.2. The Balaban J connectivity index is 1.78. The van der Waals surface area contributed by atoms with Gasteiger partial charge in [-0.2, -0.15) is 0 Å². The lowest BCUT2D eigenvalue weighted by atomic mass is 10.0. The molecular weight excluding hydrogens is 292 g/mol. The van der Waals surface area contributed by atoms with Gasteiger partial charge in [-0.25, -0.2) is 8.42 Å². The lowest BCUT2D eigenvalue weighted by molar-refractivity contribution is -0.116. The zero-order valence-corrected chi connectivity index (χ0v) is 12.6. The zero-order chi connectivity index (χ0) is 15.0. The predicted octanol–water partition coefficient (Wildman–Crippen LogP) is 1.89. The van der Waals surface area contributed by atoms with E-state index in [1.54, 1.807) is 13.0 Å². The third kappa shape index (κ3) is 2.81. The molecular formula is C14H18N2O4S. The number of anilines is 1. The van der Waals surface area contributed by atoms with Crippen LogP contribution in [0.5, 0.6) is 0 Å². The second-order valence-electron chi connectivity index (χ2n) is 5.57. The van der Waals surface area contributed by atoms with Gasteiger partial charge in [0, 0.05) is 5.69 Å². The first-order chi connectivity index (χ1) is 9.97. The average Bonchev–Trinajstić information content (AvgIpc) is 3.06. The van der Waals surface area contributed by atoms with Gasteiger partial charge >= 0.3 is 0 Å². The summed E-state index contributed by atoms with van der Waals surface area (Å²) in [6.07, 6.45) is 3.84. The van der Waals surface area contributed by atoms with Gasteiger partial charge in [0.05, 0.1) is 16.9 Å². The number of carbonyl (C=O) groups is 1. The molecule has 1 fully saturated rings. The number of carbonyl (C=O) groups excluding carboxylic acids is 1. The van der Waals surface area contributed by atoms with Crippen LogP contribution in [0.15, 0.2) is 23.1 Å². The van der Waals surface area contributed by atoms with Gasteiger partial charge in [0.25, 0.3) is 10.0 Å². The summed E-state index contributed by atoms with van der Waals surface area (Å²) in [7, 11) is -3.72. The summed E-state index contributed by atoms with van der Waals surface area (Å²) in [6.45, 7) is 1.75. The van der Waals surface area contributed by atoms with E-state index in [2.05, 4.69) is 10.2 Å². The normalized spacial score (nSPS) is 22.3. The molecule has 0 aromatic heterocycles. The summed E-state index contributed by atoms with van der Waals surface area (Å²) in [5.74, 6) is -0.458. The molecule has 2 aliphatic rings. The Morgan fingerprint density at radius 2 is 2.00 bits per heavy atom. The van der Waals surface area contributed by atoms with Crippen LogP contribution in [-0.2, 0) is 19.7 Å². The summed E-state index contributed by atoms with van der Waals surface area (Å²) in [5, 5.41) is 2.72. The van der Waals surface area contributed by atoms with Gasteiger partial charge in [-0.05, 0) is 43.5 Å². The predicted molar refractivity (Wildman–Crippen MR) is 77.1 cm³/mol. The quantitative estimate of drug-likeness (QED) is 0.832. The summed E-state index contributed by atoms with van der Waals surface area (Å²) < 4.78 is 24.5. The SMILES string of the molecule is CC1C(=O)Nc2ccc(S(=O)(=O)NOC3CCCC3)cc21. The lowest BCUT2D eigenvalue weighted by Gasteiger charge is -2.13. The summed E-state index contributed by atoms with van der Waals surface area (Å²) >= 11 is 0. The Kier molecular flexibility index (Phi) is 3.73. The molecule has 1 atom stereocenters. The minimum Gasteiger partial charge on any atom is -0.325 e. The minimum atomic E-state index is -3.72. The Labute approximate surface area is 123 Å². The van der Waals surface area contributed by atoms with E-state index in [-0.39, 0.29) is 22.8 Å². The van der Waals surface area contributed by atoms with Crippen molar-refractivity contribution in [2.24, 2.45) is 0 Å². The molecule has 0 spiro atoms. The first-order valence-electron chi connectivity index (χ1n) is 7.09. The van der Waals surface area contributed by atoms with Crippen LogP contribution in [0.3, 0.4) is 0 Å². The number of nitrogens with one attached hydrogen (secondary N) is 2. The molecule has 21 heavy (non-hydrogen) atoms. The minimum absolute atomic E-state index is 0.0450. The van der Waals surface area contributed by atoms with Gasteiger partial charge in [0.1, 0.15) is 0 Å². The van der Waals surface area contributed by atoms with E-state index >= 15 is 0 Å². The highest BCUT2D eigenvalue weighted by Gasteiger charge is 2.29. The maximum Gasteiger partial charge on any atom is 0.262 e. The second-order valence-corrected chi connectivity index (χ2v) is 7.22. The van der Waals surface area contributed by atoms with Crippen molar-refractivity contribution < 1.29 is 18.0 Å². The summed E-state index contributed by atoms with van der Waals surface area (Å²) in [5.41, 5.74) is 1.37. The molecule has 6 nitrogen and oxygen atoms in total. The van der Waals surface area contributed by atoms with E-state index in [1.807, 2.05) is 0 Å². The van der Waals surface area contributed by atoms with E-state index < -0.39 is 10.0 Å². The molecule has 1 saturated carbocycles. The van der Waals surface area contributed by atoms with Crippen LogP contribution in [0.4, 0.5) is 5.69 Å². The molecule has 1 amide bonds. The van der Waals surface area contributed by atoms with Crippen molar-refractivity contribution in [1.82, 2.24) is 4.89 Å². The largest absolute Gasteiger partial charge is 0.325 e. The van der Waals surface area contributed by atoms with Crippen LogP contribution < -0.4 is 10.2 Å². The molecule has 1 aromatic rings. The Hall–Kier alpha value is -1.44. The highest BCUT2D eigenvalue weighted by atomic mass is 32.2. The third-order valence-electron chi connectivity index (χ3n) is 4.08. The number of rotatable bonds is 4. The van der Waals surface area contributed by atoms with Crippen molar-refractivity contribution in [3.8, 4) is 0 Å². The molecule has 114 valence electrons. The van der Waals surface area contributed by atoms with Gasteiger partial charge in [-0.3, -0.25) is 9.63 Å². The van der Waals surface area contributed by atoms with E-state index in [9.17, 15) is 13.2 Å². The van der Waals surface area contributed by atoms with E-state index in [0.29, 0.717) is 11.3 Å². The fraction of sp³-hybridized carbons (Fsp3) is 0.500. The first-order valence-corrected chi connectivity index (χ1v) is 8.58. The van der Waals surface area contributed by atoms with Gasteiger partial charge < -0.3 is 5.32 Å². The topological polar surface area (TPSA) is 84.5 Å². The highest BCUT2D eigenvalue weighted by molar-refractivity contribution is 7.89. The summed E-state index contributed by atoms with van der Waals surface area (Å²) in [4.78, 5) is 19.2. The second kappa shape index (κ2) is 5.40. The standard InChI is InChI=1S/C14H18N2O4S/c1-9-12-8-11(6-7-13(12)15-14(9)17)21(18,19)16-20-10-4-2-3-5-10/h6-10,16H,2-5H2,1H3,(H,15,17). The number of fused-ring (bicyclic) bond motifs is 1. The van der Waals surface area contributed by atoms with Crippen LogP contribution in [0.2, 0.25) is 0 Å². The van der Waals surface area contributed by atoms with Gasteiger partial charge in [0.2, 0.25) is 5.91 Å². The number of hydrogen-bond donors (Lipinski definition) is 2. The van der Waals surface area contributed by atoms with Crippen LogP contribution in [0, 0.1) is 0 Å². The van der Waals surface area contributed by atoms with E-state index in [1.165, 1.54) is 12.1 Å². The molecule has 1 aliphatic carbocycles. The molecule has 2 N–H and O–H groups in total. The van der Waals surface area contributed by atoms with E-state index in [4.69, 9.17) is 4.84 Å². The Bertz CT molecular complexity index is 666. The van der Waals surface area contributed by atoms with Gasteiger partial charge in [-0.1, -0.05) is 17.7 Å². The smallest absolute Gasteiger partial charge is 0.262 e. The third-order valence-corrected chi connectivity index (χ3v) is 5.27. The molecule has 0 saturated heterocycles. The molecule has 0 bridgehead atoms. The van der Waals surface area contributed by atoms with Crippen LogP contribution in [-0.4, -0.2) is 20.4 Å². The zero-order valence-electron chi connectivity index (χ0n) is 11.8. The molecule has 1 heterocycles. The molecule has 3 rings (SSSR count). The van der Waals surface area contributed by atoms with E-state index in [0.717, 1.165) is 25.7 Å². The van der Waals surface area contributed by atoms with Crippen LogP contribution in [0.25, 0.3) is 0 Å². The Morgan fingerprint density at radius 3 is 2.71 bits per heavy atom. The highest BCUT2D eigenvalue weighted by Crippen LogP contribution is 2.33. The van der Waals surface area contributed by atoms with Crippen molar-refractivity contribution in [3.63, 3.8) is 0 Å². The number of hydrogen-bond acceptors (Lipinski definition) is 4. The lowest BCUT2D eigenvalue weighted by Crippen LogP contribution is -2.28. The monoisotopic (exact) mass is 310 g/mol. The molecule has 1 aromatic carbocycles. The van der Waals surface area contributed by atoms with Crippen molar-refractivity contribution in [2.75, 3.05) is 5.32 Å². The fourth-order valence-corrected chi connectivity index (χ4v) is 3.64. The van der Waals surface area contributed by atoms with Gasteiger partial charge in [0.15, 0.2) is 0 Å². The molecule has 1 unspecified atom stereocenters. The van der Waals surface area contributed by atoms with Crippen LogP contribution in [0.1, 0.15) is 44.1 Å². The number of amides is 1. The first kappa shape index (κ1) is 14.5. The van der Waals surface area contributed by atoms with Crippen molar-refractivity contribution >= 4 is 21.6 Å². The molecule has 1 aliphatic heterocycles.